The molecule has 0 amide bonds. The quantitative estimate of drug-likeness (QED) is 0.886. The summed E-state index contributed by atoms with van der Waals surface area (Å²) in [6.45, 7) is 17.1. The van der Waals surface area contributed by atoms with Crippen LogP contribution in [0.2, 0.25) is 0 Å². The lowest BCUT2D eigenvalue weighted by atomic mass is 9.86. The Kier molecular flexibility index (Phi) is 4.79. The summed E-state index contributed by atoms with van der Waals surface area (Å²) < 4.78 is 0. The number of rotatable bonds is 2. The Balaban J connectivity index is 2.09. The van der Waals surface area contributed by atoms with E-state index in [-0.39, 0.29) is 11.0 Å². The first-order chi connectivity index (χ1) is 9.67. The fourth-order valence-electron chi connectivity index (χ4n) is 3.08. The first-order valence-electron chi connectivity index (χ1n) is 8.26. The molecule has 0 saturated carbocycles. The van der Waals surface area contributed by atoms with Crippen LogP contribution in [0.3, 0.4) is 0 Å². The molecular formula is C19H32N2. The highest BCUT2D eigenvalue weighted by Crippen LogP contribution is 2.23. The lowest BCUT2D eigenvalue weighted by Crippen LogP contribution is -2.47. The van der Waals surface area contributed by atoms with E-state index in [0.29, 0.717) is 6.04 Å². The Labute approximate surface area is 130 Å². The van der Waals surface area contributed by atoms with Crippen LogP contribution in [-0.2, 0) is 12.0 Å². The van der Waals surface area contributed by atoms with Crippen molar-refractivity contribution >= 4 is 0 Å². The van der Waals surface area contributed by atoms with Gasteiger partial charge in [0.2, 0.25) is 0 Å². The molecule has 1 unspecified atom stereocenters. The highest BCUT2D eigenvalue weighted by molar-refractivity contribution is 5.27. The zero-order valence-electron chi connectivity index (χ0n) is 14.7. The van der Waals surface area contributed by atoms with Crippen molar-refractivity contribution in [3.63, 3.8) is 0 Å². The summed E-state index contributed by atoms with van der Waals surface area (Å²) in [6, 6.07) is 9.83. The molecular weight excluding hydrogens is 256 g/mol. The van der Waals surface area contributed by atoms with Gasteiger partial charge in [-0.2, -0.15) is 0 Å². The van der Waals surface area contributed by atoms with E-state index in [1.165, 1.54) is 17.5 Å². The van der Waals surface area contributed by atoms with Crippen molar-refractivity contribution < 1.29 is 0 Å². The summed E-state index contributed by atoms with van der Waals surface area (Å²) in [7, 11) is 0. The first kappa shape index (κ1) is 16.5. The number of nitrogens with zero attached hydrogens (tertiary/aromatic N) is 1. The number of hydrogen-bond acceptors (Lipinski definition) is 2. The van der Waals surface area contributed by atoms with Gasteiger partial charge < -0.3 is 5.32 Å². The second kappa shape index (κ2) is 6.10. The molecule has 1 atom stereocenters. The average Bonchev–Trinajstić information content (AvgIpc) is 2.48. The Morgan fingerprint density at radius 3 is 2.38 bits per heavy atom. The van der Waals surface area contributed by atoms with Gasteiger partial charge in [-0.1, -0.05) is 45.0 Å². The van der Waals surface area contributed by atoms with Crippen LogP contribution >= 0.6 is 0 Å². The molecule has 21 heavy (non-hydrogen) atoms. The molecule has 1 aromatic rings. The zero-order valence-corrected chi connectivity index (χ0v) is 14.7. The maximum Gasteiger partial charge on any atom is 0.0252 e. The third-order valence-corrected chi connectivity index (χ3v) is 4.59. The Hall–Kier alpha value is -0.860. The number of nitrogens with one attached hydrogen (secondary N) is 1. The van der Waals surface area contributed by atoms with E-state index in [2.05, 4.69) is 76.0 Å². The summed E-state index contributed by atoms with van der Waals surface area (Å²) in [4.78, 5) is 2.62. The highest BCUT2D eigenvalue weighted by atomic mass is 15.2. The molecule has 0 aromatic heterocycles. The maximum absolute atomic E-state index is 3.65. The second-order valence-corrected chi connectivity index (χ2v) is 8.30. The molecule has 1 aromatic carbocycles. The molecule has 0 aliphatic carbocycles. The molecule has 1 fully saturated rings. The maximum atomic E-state index is 3.65. The van der Waals surface area contributed by atoms with Crippen LogP contribution in [0.4, 0.5) is 0 Å². The monoisotopic (exact) mass is 288 g/mol. The molecule has 1 aliphatic rings. The van der Waals surface area contributed by atoms with Gasteiger partial charge in [0.15, 0.2) is 0 Å². The summed E-state index contributed by atoms with van der Waals surface area (Å²) in [6.07, 6.45) is 1.23. The molecule has 118 valence electrons. The molecule has 1 aliphatic heterocycles. The Morgan fingerprint density at radius 1 is 1.19 bits per heavy atom. The summed E-state index contributed by atoms with van der Waals surface area (Å²) >= 11 is 0. The lowest BCUT2D eigenvalue weighted by molar-refractivity contribution is 0.173. The van der Waals surface area contributed by atoms with E-state index < -0.39 is 0 Å². The predicted molar refractivity (Wildman–Crippen MR) is 91.7 cm³/mol. The molecule has 0 bridgehead atoms. The molecule has 1 N–H and O–H groups in total. The molecule has 0 radical (unpaired) electrons. The molecule has 0 spiro atoms. The van der Waals surface area contributed by atoms with Crippen molar-refractivity contribution in [3.8, 4) is 0 Å². The third kappa shape index (κ3) is 4.55. The van der Waals surface area contributed by atoms with Crippen molar-refractivity contribution in [1.29, 1.82) is 0 Å². The zero-order chi connectivity index (χ0) is 15.7. The van der Waals surface area contributed by atoms with E-state index >= 15 is 0 Å². The molecule has 1 heterocycles. The van der Waals surface area contributed by atoms with Gasteiger partial charge in [-0.3, -0.25) is 4.90 Å². The highest BCUT2D eigenvalue weighted by Gasteiger charge is 2.27. The molecule has 2 rings (SSSR count). The lowest BCUT2D eigenvalue weighted by Gasteiger charge is -2.33. The van der Waals surface area contributed by atoms with E-state index in [4.69, 9.17) is 0 Å². The number of hydrogen-bond donors (Lipinski definition) is 1. The number of benzene rings is 1. The van der Waals surface area contributed by atoms with Gasteiger partial charge in [0.25, 0.3) is 0 Å². The van der Waals surface area contributed by atoms with Crippen molar-refractivity contribution in [3.05, 3.63) is 35.4 Å². The third-order valence-electron chi connectivity index (χ3n) is 4.59. The normalized spacial score (nSPS) is 23.8. The van der Waals surface area contributed by atoms with Gasteiger partial charge in [0.05, 0.1) is 0 Å². The van der Waals surface area contributed by atoms with Crippen LogP contribution in [0, 0.1) is 0 Å². The van der Waals surface area contributed by atoms with Crippen LogP contribution < -0.4 is 5.32 Å². The largest absolute Gasteiger partial charge is 0.310 e. The fourth-order valence-corrected chi connectivity index (χ4v) is 3.08. The van der Waals surface area contributed by atoms with Gasteiger partial charge in [0.1, 0.15) is 0 Å². The van der Waals surface area contributed by atoms with E-state index in [9.17, 15) is 0 Å². The fraction of sp³-hybridized carbons (Fsp3) is 0.684. The SMILES string of the molecule is CC1CCNC(C)(C)CN1Cc1ccc(C(C)(C)C)cc1. The minimum Gasteiger partial charge on any atom is -0.310 e. The Bertz CT molecular complexity index is 453. The van der Waals surface area contributed by atoms with Gasteiger partial charge in [-0.15, -0.1) is 0 Å². The van der Waals surface area contributed by atoms with Gasteiger partial charge in [-0.25, -0.2) is 0 Å². The van der Waals surface area contributed by atoms with Gasteiger partial charge >= 0.3 is 0 Å². The first-order valence-corrected chi connectivity index (χ1v) is 8.26. The van der Waals surface area contributed by atoms with E-state index in [1.54, 1.807) is 0 Å². The van der Waals surface area contributed by atoms with Crippen molar-refractivity contribution in [2.24, 2.45) is 0 Å². The van der Waals surface area contributed by atoms with Gasteiger partial charge in [-0.05, 0) is 50.3 Å². The molecule has 2 nitrogen and oxygen atoms in total. The van der Waals surface area contributed by atoms with Crippen LogP contribution in [0.15, 0.2) is 24.3 Å². The Morgan fingerprint density at radius 2 is 1.81 bits per heavy atom. The molecule has 1 saturated heterocycles. The average molecular weight is 288 g/mol. The van der Waals surface area contributed by atoms with Crippen molar-refractivity contribution in [2.45, 2.75) is 71.5 Å². The van der Waals surface area contributed by atoms with E-state index in [1.807, 2.05) is 0 Å². The minimum absolute atomic E-state index is 0.204. The summed E-state index contributed by atoms with van der Waals surface area (Å²) in [5.41, 5.74) is 3.28. The van der Waals surface area contributed by atoms with Crippen LogP contribution in [0.1, 0.15) is 59.1 Å². The van der Waals surface area contributed by atoms with E-state index in [0.717, 1.165) is 19.6 Å². The van der Waals surface area contributed by atoms with Crippen LogP contribution in [-0.4, -0.2) is 29.6 Å². The minimum atomic E-state index is 0.204. The van der Waals surface area contributed by atoms with Crippen LogP contribution in [0.25, 0.3) is 0 Å². The molecule has 2 heteroatoms. The smallest absolute Gasteiger partial charge is 0.0252 e. The van der Waals surface area contributed by atoms with Crippen molar-refractivity contribution in [2.75, 3.05) is 13.1 Å². The van der Waals surface area contributed by atoms with Crippen LogP contribution in [0.5, 0.6) is 0 Å². The standard InChI is InChI=1S/C19H32N2/c1-15-11-12-20-19(5,6)14-21(15)13-16-7-9-17(10-8-16)18(2,3)4/h7-10,15,20H,11-14H2,1-6H3. The summed E-state index contributed by atoms with van der Waals surface area (Å²) in [5.74, 6) is 0. The predicted octanol–water partition coefficient (Wildman–Crippen LogP) is 3.95. The summed E-state index contributed by atoms with van der Waals surface area (Å²) in [5, 5.41) is 3.65. The van der Waals surface area contributed by atoms with Crippen molar-refractivity contribution in [1.82, 2.24) is 10.2 Å². The second-order valence-electron chi connectivity index (χ2n) is 8.30. The van der Waals surface area contributed by atoms with Gasteiger partial charge in [0, 0.05) is 24.7 Å². The topological polar surface area (TPSA) is 15.3 Å².